The molecule has 0 saturated heterocycles. The highest BCUT2D eigenvalue weighted by Gasteiger charge is 2.26. The number of nitrogens with one attached hydrogen (secondary N) is 4. The molecular formula is C28H22F2N6O4. The minimum atomic E-state index is -1.05. The molecule has 2 aromatic carbocycles. The molecule has 0 radical (unpaired) electrons. The summed E-state index contributed by atoms with van der Waals surface area (Å²) in [5.74, 6) is -3.20. The average Bonchev–Trinajstić information content (AvgIpc) is 3.55. The van der Waals surface area contributed by atoms with Crippen LogP contribution >= 0.6 is 0 Å². The number of hydrogen-bond acceptors (Lipinski definition) is 5. The van der Waals surface area contributed by atoms with Crippen molar-refractivity contribution in [2.45, 2.75) is 19.5 Å². The van der Waals surface area contributed by atoms with Crippen molar-refractivity contribution in [1.82, 2.24) is 19.9 Å². The third-order valence-electron chi connectivity index (χ3n) is 6.21. The van der Waals surface area contributed by atoms with E-state index in [0.717, 1.165) is 12.1 Å². The number of pyridine rings is 1. The Balaban J connectivity index is 1.27. The normalized spacial score (nSPS) is 14.0. The van der Waals surface area contributed by atoms with Crippen molar-refractivity contribution < 1.29 is 23.2 Å². The molecule has 0 unspecified atom stereocenters. The highest BCUT2D eigenvalue weighted by Crippen LogP contribution is 2.34. The molecule has 0 spiro atoms. The first-order valence-corrected chi connectivity index (χ1v) is 12.1. The van der Waals surface area contributed by atoms with Crippen molar-refractivity contribution in [3.8, 4) is 0 Å². The Bertz CT molecular complexity index is 1730. The van der Waals surface area contributed by atoms with Crippen LogP contribution in [-0.4, -0.2) is 38.3 Å². The van der Waals surface area contributed by atoms with E-state index in [4.69, 9.17) is 0 Å². The molecule has 1 aliphatic rings. The largest absolute Gasteiger partial charge is 0.345 e. The lowest BCUT2D eigenvalue weighted by Crippen LogP contribution is -2.43. The van der Waals surface area contributed by atoms with Crippen LogP contribution in [0.15, 0.2) is 71.9 Å². The van der Waals surface area contributed by atoms with Gasteiger partial charge in [-0.15, -0.1) is 0 Å². The van der Waals surface area contributed by atoms with Crippen LogP contribution in [0.5, 0.6) is 0 Å². The SMILES string of the molecule is C[C@@H](NC(=O)c1cccn(Cc2ccc(F)c(F)c2)c1=O)C(=O)Nc1ccc2c(c1)/C(=C/c1ncc[nH]1)C(=O)N2. The summed E-state index contributed by atoms with van der Waals surface area (Å²) in [6, 6.07) is 9.89. The quantitative estimate of drug-likeness (QED) is 0.265. The molecule has 12 heteroatoms. The Kier molecular flexibility index (Phi) is 7.06. The molecular weight excluding hydrogens is 522 g/mol. The fourth-order valence-electron chi connectivity index (χ4n) is 4.16. The summed E-state index contributed by atoms with van der Waals surface area (Å²) in [6.45, 7) is 1.37. The van der Waals surface area contributed by atoms with Crippen molar-refractivity contribution in [3.63, 3.8) is 0 Å². The zero-order valence-electron chi connectivity index (χ0n) is 21.0. The van der Waals surface area contributed by atoms with Gasteiger partial charge in [0.05, 0.1) is 12.1 Å². The van der Waals surface area contributed by atoms with Gasteiger partial charge in [0.1, 0.15) is 17.4 Å². The number of imidazole rings is 1. The van der Waals surface area contributed by atoms with E-state index in [0.29, 0.717) is 33.9 Å². The third-order valence-corrected chi connectivity index (χ3v) is 6.21. The van der Waals surface area contributed by atoms with Gasteiger partial charge in [-0.25, -0.2) is 13.8 Å². The zero-order valence-corrected chi connectivity index (χ0v) is 21.0. The van der Waals surface area contributed by atoms with Crippen LogP contribution in [0.1, 0.15) is 34.2 Å². The Labute approximate surface area is 225 Å². The second-order valence-electron chi connectivity index (χ2n) is 9.03. The number of aromatic amines is 1. The molecule has 1 aliphatic heterocycles. The number of fused-ring (bicyclic) bond motifs is 1. The molecule has 4 N–H and O–H groups in total. The summed E-state index contributed by atoms with van der Waals surface area (Å²) in [5, 5.41) is 7.95. The molecule has 4 aromatic rings. The zero-order chi connectivity index (χ0) is 28.4. The monoisotopic (exact) mass is 544 g/mol. The summed E-state index contributed by atoms with van der Waals surface area (Å²) >= 11 is 0. The third kappa shape index (κ3) is 5.41. The first-order chi connectivity index (χ1) is 19.2. The molecule has 0 aliphatic carbocycles. The van der Waals surface area contributed by atoms with Crippen LogP contribution < -0.4 is 21.5 Å². The van der Waals surface area contributed by atoms with Gasteiger partial charge in [0, 0.05) is 35.5 Å². The maximum Gasteiger partial charge on any atom is 0.263 e. The molecule has 3 heterocycles. The van der Waals surface area contributed by atoms with E-state index < -0.39 is 35.0 Å². The van der Waals surface area contributed by atoms with Crippen molar-refractivity contribution in [2.75, 3.05) is 10.6 Å². The van der Waals surface area contributed by atoms with E-state index >= 15 is 0 Å². The smallest absolute Gasteiger partial charge is 0.263 e. The number of nitrogens with zero attached hydrogens (tertiary/aromatic N) is 2. The minimum Gasteiger partial charge on any atom is -0.345 e. The molecule has 0 fully saturated rings. The van der Waals surface area contributed by atoms with E-state index in [1.807, 2.05) is 0 Å². The molecule has 40 heavy (non-hydrogen) atoms. The number of carbonyl (C=O) groups is 3. The van der Waals surface area contributed by atoms with Gasteiger partial charge in [-0.05, 0) is 61.0 Å². The lowest BCUT2D eigenvalue weighted by molar-refractivity contribution is -0.117. The predicted octanol–water partition coefficient (Wildman–Crippen LogP) is 3.15. The summed E-state index contributed by atoms with van der Waals surface area (Å²) in [6.07, 6.45) is 6.20. The number of aromatic nitrogens is 3. The first-order valence-electron chi connectivity index (χ1n) is 12.1. The van der Waals surface area contributed by atoms with Gasteiger partial charge in [-0.1, -0.05) is 6.07 Å². The van der Waals surface area contributed by atoms with Crippen LogP contribution in [0.3, 0.4) is 0 Å². The molecule has 1 atom stereocenters. The van der Waals surface area contributed by atoms with Crippen LogP contribution in [0.4, 0.5) is 20.2 Å². The molecule has 2 aromatic heterocycles. The average molecular weight is 545 g/mol. The highest BCUT2D eigenvalue weighted by molar-refractivity contribution is 6.35. The number of benzene rings is 2. The number of anilines is 2. The standard InChI is InChI=1S/C28H22F2N6O4/c1-15(33-26(38)18-3-2-10-36(28(18)40)14-16-4-6-21(29)22(30)11-16)25(37)34-17-5-7-23-19(12-17)20(27(39)35-23)13-24-31-8-9-32-24/h2-13,15H,14H2,1H3,(H,31,32)(H,33,38)(H,34,37)(H,35,39)/b20-13-/t15-/m1/s1. The number of H-pyrrole nitrogens is 1. The van der Waals surface area contributed by atoms with E-state index in [9.17, 15) is 28.0 Å². The first kappa shape index (κ1) is 26.2. The summed E-state index contributed by atoms with van der Waals surface area (Å²) in [4.78, 5) is 58.0. The molecule has 0 saturated carbocycles. The Morgan fingerprint density at radius 2 is 1.93 bits per heavy atom. The molecule has 10 nitrogen and oxygen atoms in total. The number of hydrogen-bond donors (Lipinski definition) is 4. The fourth-order valence-corrected chi connectivity index (χ4v) is 4.16. The number of rotatable bonds is 7. The van der Waals surface area contributed by atoms with Gasteiger partial charge < -0.3 is 25.5 Å². The van der Waals surface area contributed by atoms with Crippen LogP contribution in [-0.2, 0) is 16.1 Å². The van der Waals surface area contributed by atoms with Crippen LogP contribution in [0.25, 0.3) is 11.6 Å². The van der Waals surface area contributed by atoms with Gasteiger partial charge >= 0.3 is 0 Å². The van der Waals surface area contributed by atoms with E-state index in [1.165, 1.54) is 35.9 Å². The van der Waals surface area contributed by atoms with Crippen molar-refractivity contribution in [1.29, 1.82) is 0 Å². The van der Waals surface area contributed by atoms with Gasteiger partial charge in [-0.3, -0.25) is 19.2 Å². The van der Waals surface area contributed by atoms with Crippen LogP contribution in [0, 0.1) is 11.6 Å². The summed E-state index contributed by atoms with van der Waals surface area (Å²) < 4.78 is 28.0. The lowest BCUT2D eigenvalue weighted by atomic mass is 10.1. The molecule has 0 bridgehead atoms. The van der Waals surface area contributed by atoms with E-state index in [2.05, 4.69) is 25.9 Å². The van der Waals surface area contributed by atoms with E-state index in [-0.39, 0.29) is 18.0 Å². The van der Waals surface area contributed by atoms with Gasteiger partial charge in [0.25, 0.3) is 17.4 Å². The summed E-state index contributed by atoms with van der Waals surface area (Å²) in [7, 11) is 0. The predicted molar refractivity (Wildman–Crippen MR) is 143 cm³/mol. The Morgan fingerprint density at radius 3 is 2.67 bits per heavy atom. The maximum atomic E-state index is 13.6. The van der Waals surface area contributed by atoms with Crippen molar-refractivity contribution in [2.24, 2.45) is 0 Å². The second kappa shape index (κ2) is 10.8. The van der Waals surface area contributed by atoms with Crippen LogP contribution in [0.2, 0.25) is 0 Å². The maximum absolute atomic E-state index is 13.6. The Morgan fingerprint density at radius 1 is 1.10 bits per heavy atom. The van der Waals surface area contributed by atoms with E-state index in [1.54, 1.807) is 36.7 Å². The molecule has 3 amide bonds. The second-order valence-corrected chi connectivity index (χ2v) is 9.03. The number of amides is 3. The van der Waals surface area contributed by atoms with Crippen molar-refractivity contribution >= 4 is 40.7 Å². The highest BCUT2D eigenvalue weighted by atomic mass is 19.2. The lowest BCUT2D eigenvalue weighted by Gasteiger charge is -2.15. The Hall–Kier alpha value is -5.39. The van der Waals surface area contributed by atoms with Gasteiger partial charge in [0.15, 0.2) is 11.6 Å². The molecule has 5 rings (SSSR count). The number of carbonyl (C=O) groups excluding carboxylic acids is 3. The summed E-state index contributed by atoms with van der Waals surface area (Å²) in [5.41, 5.74) is 1.35. The van der Waals surface area contributed by atoms with Crippen molar-refractivity contribution in [3.05, 3.63) is 112 Å². The number of halogens is 2. The van der Waals surface area contributed by atoms with Gasteiger partial charge in [0.2, 0.25) is 5.91 Å². The topological polar surface area (TPSA) is 138 Å². The van der Waals surface area contributed by atoms with Gasteiger partial charge in [-0.2, -0.15) is 0 Å². The fraction of sp³-hybridized carbons (Fsp3) is 0.107. The minimum absolute atomic E-state index is 0.0841. The molecule has 202 valence electrons.